The zero-order valence-corrected chi connectivity index (χ0v) is 12.2. The first kappa shape index (κ1) is 13.8. The summed E-state index contributed by atoms with van der Waals surface area (Å²) < 4.78 is 5.53. The van der Waals surface area contributed by atoms with E-state index in [1.165, 1.54) is 0 Å². The number of anilines is 1. The summed E-state index contributed by atoms with van der Waals surface area (Å²) in [7, 11) is 1.78. The lowest BCUT2D eigenvalue weighted by Gasteiger charge is -2.36. The number of methoxy groups -OCH3 is 1. The Balaban J connectivity index is 2.14. The molecule has 0 amide bonds. The first-order chi connectivity index (χ1) is 8.69. The molecular formula is C13H22N2O2S. The molecule has 2 unspecified atom stereocenters. The van der Waals surface area contributed by atoms with Crippen LogP contribution >= 0.6 is 11.3 Å². The van der Waals surface area contributed by atoms with E-state index in [1.54, 1.807) is 18.4 Å². The van der Waals surface area contributed by atoms with Crippen LogP contribution in [0.25, 0.3) is 0 Å². The highest BCUT2D eigenvalue weighted by Gasteiger charge is 2.28. The summed E-state index contributed by atoms with van der Waals surface area (Å²) in [5, 5.41) is 10.4. The van der Waals surface area contributed by atoms with Crippen LogP contribution in [0.5, 0.6) is 0 Å². The van der Waals surface area contributed by atoms with E-state index in [2.05, 4.69) is 23.7 Å². The van der Waals surface area contributed by atoms with E-state index in [4.69, 9.17) is 4.74 Å². The van der Waals surface area contributed by atoms with Crippen LogP contribution in [-0.4, -0.2) is 36.4 Å². The largest absolute Gasteiger partial charge is 0.391 e. The molecule has 5 heteroatoms. The Labute approximate surface area is 113 Å². The number of hydrogen-bond acceptors (Lipinski definition) is 5. The minimum atomic E-state index is 0.0960. The van der Waals surface area contributed by atoms with Gasteiger partial charge in [-0.3, -0.25) is 0 Å². The van der Waals surface area contributed by atoms with Crippen molar-refractivity contribution in [2.45, 2.75) is 39.4 Å². The molecule has 102 valence electrons. The molecular weight excluding hydrogens is 248 g/mol. The van der Waals surface area contributed by atoms with Crippen molar-refractivity contribution in [3.8, 4) is 0 Å². The summed E-state index contributed by atoms with van der Waals surface area (Å²) >= 11 is 1.61. The molecule has 18 heavy (non-hydrogen) atoms. The number of nitrogens with zero attached hydrogens (tertiary/aromatic N) is 2. The highest BCUT2D eigenvalue weighted by molar-refractivity contribution is 7.15. The average Bonchev–Trinajstić information content (AvgIpc) is 2.82. The van der Waals surface area contributed by atoms with Crippen molar-refractivity contribution in [3.63, 3.8) is 0 Å². The monoisotopic (exact) mass is 270 g/mol. The minimum Gasteiger partial charge on any atom is -0.391 e. The topological polar surface area (TPSA) is 45.6 Å². The van der Waals surface area contributed by atoms with Gasteiger partial charge in [0.05, 0.1) is 23.3 Å². The van der Waals surface area contributed by atoms with Gasteiger partial charge in [-0.2, -0.15) is 0 Å². The third-order valence-electron chi connectivity index (χ3n) is 3.71. The molecule has 1 fully saturated rings. The number of aryl methyl sites for hydroxylation is 1. The Morgan fingerprint density at radius 1 is 1.56 bits per heavy atom. The molecule has 4 nitrogen and oxygen atoms in total. The average molecular weight is 270 g/mol. The Hall–Kier alpha value is -0.650. The second-order valence-corrected chi connectivity index (χ2v) is 5.93. The molecule has 0 radical (unpaired) electrons. The van der Waals surface area contributed by atoms with Gasteiger partial charge in [-0.15, -0.1) is 0 Å². The summed E-state index contributed by atoms with van der Waals surface area (Å²) in [6, 6.07) is 0. The summed E-state index contributed by atoms with van der Waals surface area (Å²) in [6.07, 6.45) is 2.29. The highest BCUT2D eigenvalue weighted by atomic mass is 32.1. The van der Waals surface area contributed by atoms with Gasteiger partial charge in [-0.1, -0.05) is 25.2 Å². The van der Waals surface area contributed by atoms with E-state index in [-0.39, 0.29) is 12.7 Å². The summed E-state index contributed by atoms with van der Waals surface area (Å²) in [5.74, 6) is 0.606. The fraction of sp³-hybridized carbons (Fsp3) is 0.769. The van der Waals surface area contributed by atoms with Crippen LogP contribution in [0.4, 0.5) is 5.13 Å². The van der Waals surface area contributed by atoms with Gasteiger partial charge < -0.3 is 14.7 Å². The van der Waals surface area contributed by atoms with Gasteiger partial charge in [0.1, 0.15) is 0 Å². The van der Waals surface area contributed by atoms with Crippen molar-refractivity contribution in [2.75, 3.05) is 25.1 Å². The predicted octanol–water partition coefficient (Wildman–Crippen LogP) is 2.06. The van der Waals surface area contributed by atoms with Crippen LogP contribution in [0.3, 0.4) is 0 Å². The maximum atomic E-state index is 9.33. The van der Waals surface area contributed by atoms with Gasteiger partial charge in [-0.25, -0.2) is 4.98 Å². The number of hydrogen-bond donors (Lipinski definition) is 1. The van der Waals surface area contributed by atoms with Gasteiger partial charge >= 0.3 is 0 Å². The number of piperidine rings is 1. The molecule has 0 bridgehead atoms. The predicted molar refractivity (Wildman–Crippen MR) is 74.2 cm³/mol. The van der Waals surface area contributed by atoms with Crippen LogP contribution in [0, 0.1) is 5.92 Å². The van der Waals surface area contributed by atoms with Crippen molar-refractivity contribution >= 4 is 16.5 Å². The molecule has 1 saturated heterocycles. The molecule has 1 N–H and O–H groups in total. The zero-order valence-electron chi connectivity index (χ0n) is 11.3. The Morgan fingerprint density at radius 3 is 2.89 bits per heavy atom. The van der Waals surface area contributed by atoms with E-state index >= 15 is 0 Å². The number of aromatic nitrogens is 1. The number of ether oxygens (including phenoxy) is 1. The zero-order chi connectivity index (χ0) is 13.1. The first-order valence-electron chi connectivity index (χ1n) is 6.56. The van der Waals surface area contributed by atoms with E-state index in [9.17, 15) is 5.11 Å². The molecule has 0 aromatic carbocycles. The second-order valence-electron chi connectivity index (χ2n) is 4.86. The first-order valence-corrected chi connectivity index (χ1v) is 7.38. The molecule has 1 aromatic rings. The normalized spacial score (nSPS) is 24.6. The lowest BCUT2D eigenvalue weighted by molar-refractivity contribution is 0.0498. The van der Waals surface area contributed by atoms with Crippen molar-refractivity contribution in [3.05, 3.63) is 10.6 Å². The third-order valence-corrected chi connectivity index (χ3v) is 4.85. The number of rotatable bonds is 4. The van der Waals surface area contributed by atoms with Crippen LogP contribution in [-0.2, 0) is 17.8 Å². The van der Waals surface area contributed by atoms with E-state index in [1.807, 2.05) is 0 Å². The van der Waals surface area contributed by atoms with Gasteiger partial charge in [0.25, 0.3) is 0 Å². The molecule has 1 aliphatic rings. The maximum absolute atomic E-state index is 9.33. The standard InChI is InChI=1S/C13H22N2O2S/c1-4-10-12(8-16)18-13(14-10)15-6-5-9(2)11(7-15)17-3/h9,11,16H,4-8H2,1-3H3. The number of aliphatic hydroxyl groups excluding tert-OH is 1. The fourth-order valence-electron chi connectivity index (χ4n) is 2.42. The van der Waals surface area contributed by atoms with Crippen LogP contribution in [0.15, 0.2) is 0 Å². The smallest absolute Gasteiger partial charge is 0.185 e. The highest BCUT2D eigenvalue weighted by Crippen LogP contribution is 2.30. The number of aliphatic hydroxyl groups is 1. The van der Waals surface area contributed by atoms with Gasteiger partial charge in [0.2, 0.25) is 0 Å². The summed E-state index contributed by atoms with van der Waals surface area (Å²) in [4.78, 5) is 7.93. The quantitative estimate of drug-likeness (QED) is 0.909. The van der Waals surface area contributed by atoms with Gasteiger partial charge in [0, 0.05) is 20.2 Å². The molecule has 0 spiro atoms. The molecule has 2 atom stereocenters. The fourth-order valence-corrected chi connectivity index (χ4v) is 3.46. The maximum Gasteiger partial charge on any atom is 0.185 e. The molecule has 2 heterocycles. The molecule has 0 saturated carbocycles. The Morgan fingerprint density at radius 2 is 2.33 bits per heavy atom. The molecule has 1 aliphatic heterocycles. The minimum absolute atomic E-state index is 0.0960. The second kappa shape index (κ2) is 5.99. The van der Waals surface area contributed by atoms with Crippen molar-refractivity contribution < 1.29 is 9.84 Å². The Bertz CT molecular complexity index is 373. The van der Waals surface area contributed by atoms with E-state index < -0.39 is 0 Å². The summed E-state index contributed by atoms with van der Waals surface area (Å²) in [5.41, 5.74) is 1.03. The number of thiazole rings is 1. The molecule has 2 rings (SSSR count). The van der Waals surface area contributed by atoms with Crippen molar-refractivity contribution in [1.82, 2.24) is 4.98 Å². The third kappa shape index (κ3) is 2.68. The van der Waals surface area contributed by atoms with Gasteiger partial charge in [-0.05, 0) is 18.8 Å². The van der Waals surface area contributed by atoms with Crippen LogP contribution in [0.1, 0.15) is 30.8 Å². The molecule has 1 aromatic heterocycles. The lowest BCUT2D eigenvalue weighted by Crippen LogP contribution is -2.43. The summed E-state index contributed by atoms with van der Waals surface area (Å²) in [6.45, 7) is 6.35. The van der Waals surface area contributed by atoms with Gasteiger partial charge in [0.15, 0.2) is 5.13 Å². The van der Waals surface area contributed by atoms with E-state index in [0.29, 0.717) is 5.92 Å². The lowest BCUT2D eigenvalue weighted by atomic mass is 9.96. The van der Waals surface area contributed by atoms with E-state index in [0.717, 1.165) is 41.6 Å². The Kier molecular flexibility index (Phi) is 4.59. The SMILES string of the molecule is CCc1nc(N2CCC(C)C(OC)C2)sc1CO. The molecule has 0 aliphatic carbocycles. The van der Waals surface area contributed by atoms with Crippen molar-refractivity contribution in [2.24, 2.45) is 5.92 Å². The van der Waals surface area contributed by atoms with Crippen molar-refractivity contribution in [1.29, 1.82) is 0 Å². The van der Waals surface area contributed by atoms with Crippen LogP contribution < -0.4 is 4.90 Å². The van der Waals surface area contributed by atoms with Crippen LogP contribution in [0.2, 0.25) is 0 Å².